The predicted molar refractivity (Wildman–Crippen MR) is 159 cm³/mol. The van der Waals surface area contributed by atoms with Crippen LogP contribution in [-0.4, -0.2) is 47.1 Å². The van der Waals surface area contributed by atoms with Crippen LogP contribution < -0.4 is 9.80 Å². The van der Waals surface area contributed by atoms with Crippen LogP contribution in [0.2, 0.25) is 5.02 Å². The summed E-state index contributed by atoms with van der Waals surface area (Å²) in [6.07, 6.45) is -4.44. The molecule has 2 amide bonds. The van der Waals surface area contributed by atoms with Crippen molar-refractivity contribution in [1.82, 2.24) is 4.90 Å². The molecule has 220 valence electrons. The summed E-state index contributed by atoms with van der Waals surface area (Å²) in [5.41, 5.74) is 1.50. The van der Waals surface area contributed by atoms with Crippen LogP contribution in [0.5, 0.6) is 0 Å². The molecule has 0 bridgehead atoms. The van der Waals surface area contributed by atoms with Gasteiger partial charge < -0.3 is 14.7 Å². The van der Waals surface area contributed by atoms with Gasteiger partial charge in [-0.3, -0.25) is 9.59 Å². The summed E-state index contributed by atoms with van der Waals surface area (Å²) >= 11 is 6.21. The summed E-state index contributed by atoms with van der Waals surface area (Å²) in [7, 11) is -1.67. The SMILES string of the molecule is O=C(c1ccc2c(c1)N(Cc1cccc(Cl)c1)C(=O)c1ccccc1[S@@]2=O)N1CCN(c2cccc(C(F)(F)F)c2)CC1. The molecule has 2 aliphatic heterocycles. The van der Waals surface area contributed by atoms with Gasteiger partial charge in [0.1, 0.15) is 0 Å². The number of carbonyl (C=O) groups is 2. The van der Waals surface area contributed by atoms with E-state index >= 15 is 0 Å². The minimum absolute atomic E-state index is 0.144. The number of amides is 2. The van der Waals surface area contributed by atoms with E-state index in [1.54, 1.807) is 71.6 Å². The number of hydrogen-bond donors (Lipinski definition) is 0. The highest BCUT2D eigenvalue weighted by Crippen LogP contribution is 2.37. The third-order valence-electron chi connectivity index (χ3n) is 7.59. The smallest absolute Gasteiger partial charge is 0.368 e. The minimum atomic E-state index is -4.44. The Hall–Kier alpha value is -4.15. The standard InChI is InChI=1S/C32H25ClF3N3O3S/c33-24-7-3-5-21(17-24)20-39-27-18-22(11-12-29(27)43(42)28-10-2-1-9-26(28)31(39)41)30(40)38-15-13-37(14-16-38)25-8-4-6-23(19-25)32(34,35)36/h1-12,17-19H,13-16,20H2/t43-/m0/s1. The summed E-state index contributed by atoms with van der Waals surface area (Å²) in [5.74, 6) is -0.629. The summed E-state index contributed by atoms with van der Waals surface area (Å²) < 4.78 is 53.3. The van der Waals surface area contributed by atoms with Crippen LogP contribution in [0.3, 0.4) is 0 Å². The van der Waals surface area contributed by atoms with Crippen molar-refractivity contribution in [3.63, 3.8) is 0 Å². The normalized spacial score (nSPS) is 16.9. The molecule has 6 nitrogen and oxygen atoms in total. The Labute approximate surface area is 253 Å². The molecule has 0 saturated carbocycles. The molecule has 0 aromatic heterocycles. The fraction of sp³-hybridized carbons (Fsp3) is 0.188. The zero-order chi connectivity index (χ0) is 30.3. The number of hydrogen-bond acceptors (Lipinski definition) is 4. The Bertz CT molecular complexity index is 1760. The van der Waals surface area contributed by atoms with Crippen molar-refractivity contribution in [3.8, 4) is 0 Å². The average Bonchev–Trinajstić information content (AvgIpc) is 3.10. The fourth-order valence-corrected chi connectivity index (χ4v) is 6.96. The van der Waals surface area contributed by atoms with Gasteiger partial charge in [-0.25, -0.2) is 4.21 Å². The Kier molecular flexibility index (Phi) is 7.74. The second-order valence-electron chi connectivity index (χ2n) is 10.3. The summed E-state index contributed by atoms with van der Waals surface area (Å²) in [6.45, 7) is 1.46. The molecule has 0 aliphatic carbocycles. The van der Waals surface area contributed by atoms with Gasteiger partial charge in [0, 0.05) is 42.5 Å². The van der Waals surface area contributed by atoms with Gasteiger partial charge in [-0.15, -0.1) is 0 Å². The van der Waals surface area contributed by atoms with Crippen molar-refractivity contribution < 1.29 is 27.0 Å². The van der Waals surface area contributed by atoms with Crippen LogP contribution in [0.15, 0.2) is 101 Å². The molecule has 1 saturated heterocycles. The lowest BCUT2D eigenvalue weighted by Gasteiger charge is -2.36. The Morgan fingerprint density at radius 1 is 0.837 bits per heavy atom. The highest BCUT2D eigenvalue weighted by molar-refractivity contribution is 7.85. The molecule has 6 rings (SSSR count). The first-order valence-electron chi connectivity index (χ1n) is 13.5. The van der Waals surface area contributed by atoms with Gasteiger partial charge in [-0.05, 0) is 66.2 Å². The van der Waals surface area contributed by atoms with Gasteiger partial charge in [0.2, 0.25) is 0 Å². The lowest BCUT2D eigenvalue weighted by Crippen LogP contribution is -2.48. The van der Waals surface area contributed by atoms with E-state index in [9.17, 15) is 27.0 Å². The Morgan fingerprint density at radius 3 is 2.33 bits per heavy atom. The Balaban J connectivity index is 1.28. The average molecular weight is 624 g/mol. The largest absolute Gasteiger partial charge is 0.416 e. The first kappa shape index (κ1) is 28.9. The molecule has 4 aromatic rings. The third-order valence-corrected chi connectivity index (χ3v) is 9.33. The van der Waals surface area contributed by atoms with Crippen LogP contribution in [-0.2, 0) is 23.5 Å². The molecule has 2 aliphatic rings. The molecule has 0 radical (unpaired) electrons. The molecule has 4 aromatic carbocycles. The van der Waals surface area contributed by atoms with Crippen LogP contribution in [0.1, 0.15) is 31.8 Å². The van der Waals surface area contributed by atoms with Gasteiger partial charge in [-0.1, -0.05) is 41.9 Å². The number of piperazine rings is 1. The quantitative estimate of drug-likeness (QED) is 0.256. The van der Waals surface area contributed by atoms with Gasteiger partial charge in [0.25, 0.3) is 11.8 Å². The van der Waals surface area contributed by atoms with Crippen molar-refractivity contribution in [2.24, 2.45) is 0 Å². The van der Waals surface area contributed by atoms with Crippen molar-refractivity contribution in [2.75, 3.05) is 36.0 Å². The molecule has 1 fully saturated rings. The molecule has 2 heterocycles. The second-order valence-corrected chi connectivity index (χ2v) is 12.1. The van der Waals surface area contributed by atoms with E-state index in [-0.39, 0.29) is 18.4 Å². The third kappa shape index (κ3) is 5.77. The van der Waals surface area contributed by atoms with E-state index in [0.29, 0.717) is 63.5 Å². The highest BCUT2D eigenvalue weighted by Gasteiger charge is 2.33. The summed E-state index contributed by atoms with van der Waals surface area (Å²) in [6, 6.07) is 23.9. The molecule has 1 atom stereocenters. The number of anilines is 2. The summed E-state index contributed by atoms with van der Waals surface area (Å²) in [4.78, 5) is 33.3. The van der Waals surface area contributed by atoms with Crippen molar-refractivity contribution in [3.05, 3.63) is 118 Å². The second kappa shape index (κ2) is 11.5. The molecular weight excluding hydrogens is 599 g/mol. The first-order valence-corrected chi connectivity index (χ1v) is 15.1. The van der Waals surface area contributed by atoms with Crippen LogP contribution in [0.25, 0.3) is 0 Å². The number of alkyl halides is 3. The topological polar surface area (TPSA) is 60.9 Å². The number of fused-ring (bicyclic) bond motifs is 2. The van der Waals surface area contributed by atoms with E-state index in [0.717, 1.165) is 17.7 Å². The molecule has 43 heavy (non-hydrogen) atoms. The maximum absolute atomic E-state index is 13.9. The van der Waals surface area contributed by atoms with Crippen LogP contribution in [0.4, 0.5) is 24.5 Å². The van der Waals surface area contributed by atoms with E-state index in [2.05, 4.69) is 0 Å². The lowest BCUT2D eigenvalue weighted by atomic mass is 10.1. The number of carbonyl (C=O) groups excluding carboxylic acids is 2. The number of rotatable bonds is 4. The van der Waals surface area contributed by atoms with Gasteiger partial charge >= 0.3 is 6.18 Å². The summed E-state index contributed by atoms with van der Waals surface area (Å²) in [5, 5.41) is 0.511. The lowest BCUT2D eigenvalue weighted by molar-refractivity contribution is -0.137. The van der Waals surface area contributed by atoms with E-state index in [1.807, 2.05) is 11.0 Å². The zero-order valence-corrected chi connectivity index (χ0v) is 24.3. The number of halogens is 4. The maximum Gasteiger partial charge on any atom is 0.416 e. The number of nitrogens with zero attached hydrogens (tertiary/aromatic N) is 3. The minimum Gasteiger partial charge on any atom is -0.368 e. The molecule has 0 N–H and O–H groups in total. The van der Waals surface area contributed by atoms with Crippen molar-refractivity contribution in [2.45, 2.75) is 22.5 Å². The maximum atomic E-state index is 13.9. The van der Waals surface area contributed by atoms with Gasteiger partial charge in [-0.2, -0.15) is 13.2 Å². The van der Waals surface area contributed by atoms with Gasteiger partial charge in [0.15, 0.2) is 0 Å². The van der Waals surface area contributed by atoms with Crippen LogP contribution in [0, 0.1) is 0 Å². The zero-order valence-electron chi connectivity index (χ0n) is 22.7. The number of benzene rings is 4. The molecular formula is C32H25ClF3N3O3S. The van der Waals surface area contributed by atoms with E-state index < -0.39 is 22.5 Å². The van der Waals surface area contributed by atoms with E-state index in [1.165, 1.54) is 11.0 Å². The highest BCUT2D eigenvalue weighted by atomic mass is 35.5. The fourth-order valence-electron chi connectivity index (χ4n) is 5.40. The predicted octanol–water partition coefficient (Wildman–Crippen LogP) is 6.65. The molecule has 0 spiro atoms. The molecule has 11 heteroatoms. The Morgan fingerprint density at radius 2 is 1.58 bits per heavy atom. The molecule has 0 unspecified atom stereocenters. The van der Waals surface area contributed by atoms with E-state index in [4.69, 9.17) is 11.6 Å². The van der Waals surface area contributed by atoms with Crippen LogP contribution >= 0.6 is 11.6 Å². The monoisotopic (exact) mass is 623 g/mol. The van der Waals surface area contributed by atoms with Crippen molar-refractivity contribution >= 4 is 45.6 Å². The first-order chi connectivity index (χ1) is 20.6. The van der Waals surface area contributed by atoms with Gasteiger partial charge in [0.05, 0.1) is 43.9 Å². The van der Waals surface area contributed by atoms with Crippen molar-refractivity contribution in [1.29, 1.82) is 0 Å².